The minimum absolute atomic E-state index is 0.191. The van der Waals surface area contributed by atoms with Crippen molar-refractivity contribution in [3.05, 3.63) is 71.5 Å². The number of nitrogens with one attached hydrogen (secondary N) is 1. The molecule has 1 N–H and O–H groups in total. The van der Waals surface area contributed by atoms with Crippen molar-refractivity contribution in [1.29, 1.82) is 0 Å². The highest BCUT2D eigenvalue weighted by atomic mass is 19.1. The Labute approximate surface area is 154 Å². The molecule has 0 bridgehead atoms. The second-order valence-corrected chi connectivity index (χ2v) is 6.59. The number of benzene rings is 2. The molecule has 1 saturated heterocycles. The van der Waals surface area contributed by atoms with Crippen LogP contribution < -0.4 is 5.32 Å². The summed E-state index contributed by atoms with van der Waals surface area (Å²) in [5, 5.41) is 3.27. The molecular formula is C21H26FN3O. The summed E-state index contributed by atoms with van der Waals surface area (Å²) in [6.07, 6.45) is 1.08. The fourth-order valence-corrected chi connectivity index (χ4v) is 3.23. The quantitative estimate of drug-likeness (QED) is 0.637. The molecule has 1 aliphatic heterocycles. The molecule has 1 heterocycles. The fraction of sp³-hybridized carbons (Fsp3) is 0.381. The summed E-state index contributed by atoms with van der Waals surface area (Å²) in [6, 6.07) is 17.0. The van der Waals surface area contributed by atoms with Gasteiger partial charge in [0.2, 0.25) is 0 Å². The zero-order valence-electron chi connectivity index (χ0n) is 15.2. The third-order valence-electron chi connectivity index (χ3n) is 4.66. The van der Waals surface area contributed by atoms with E-state index in [1.54, 1.807) is 19.2 Å². The van der Waals surface area contributed by atoms with Gasteiger partial charge in [-0.3, -0.25) is 4.99 Å². The van der Waals surface area contributed by atoms with Gasteiger partial charge in [-0.05, 0) is 18.1 Å². The number of hydrogen-bond donors (Lipinski definition) is 1. The van der Waals surface area contributed by atoms with Crippen molar-refractivity contribution in [3.8, 4) is 0 Å². The summed E-state index contributed by atoms with van der Waals surface area (Å²) in [5.41, 5.74) is 1.85. The molecule has 0 spiro atoms. The van der Waals surface area contributed by atoms with Gasteiger partial charge >= 0.3 is 0 Å². The summed E-state index contributed by atoms with van der Waals surface area (Å²) in [7, 11) is 1.77. The average Bonchev–Trinajstić information content (AvgIpc) is 3.13. The normalized spacial score (nSPS) is 17.5. The summed E-state index contributed by atoms with van der Waals surface area (Å²) < 4.78 is 19.6. The number of likely N-dealkylation sites (tertiary alicyclic amines) is 1. The van der Waals surface area contributed by atoms with Crippen molar-refractivity contribution in [1.82, 2.24) is 10.2 Å². The van der Waals surface area contributed by atoms with Crippen LogP contribution >= 0.6 is 0 Å². The highest BCUT2D eigenvalue weighted by Gasteiger charge is 2.25. The maximum absolute atomic E-state index is 13.8. The third kappa shape index (κ3) is 5.05. The maximum atomic E-state index is 13.8. The molecule has 2 aromatic carbocycles. The second kappa shape index (κ2) is 9.34. The second-order valence-electron chi connectivity index (χ2n) is 6.59. The topological polar surface area (TPSA) is 36.9 Å². The number of rotatable bonds is 6. The first-order chi connectivity index (χ1) is 12.8. The van der Waals surface area contributed by atoms with E-state index in [0.29, 0.717) is 24.6 Å². The molecular weight excluding hydrogens is 329 g/mol. The molecule has 138 valence electrons. The molecule has 26 heavy (non-hydrogen) atoms. The van der Waals surface area contributed by atoms with Gasteiger partial charge < -0.3 is 15.0 Å². The number of guanidine groups is 1. The summed E-state index contributed by atoms with van der Waals surface area (Å²) in [5.74, 6) is 1.12. The lowest BCUT2D eigenvalue weighted by Crippen LogP contribution is -2.40. The highest BCUT2D eigenvalue weighted by molar-refractivity contribution is 5.80. The van der Waals surface area contributed by atoms with E-state index in [4.69, 9.17) is 4.74 Å². The molecule has 0 saturated carbocycles. The zero-order valence-corrected chi connectivity index (χ0v) is 15.2. The van der Waals surface area contributed by atoms with Crippen LogP contribution in [-0.4, -0.2) is 37.6 Å². The van der Waals surface area contributed by atoms with E-state index in [1.807, 2.05) is 24.3 Å². The lowest BCUT2D eigenvalue weighted by atomic mass is 10.1. The first-order valence-electron chi connectivity index (χ1n) is 9.07. The van der Waals surface area contributed by atoms with Crippen molar-refractivity contribution in [2.45, 2.75) is 19.6 Å². The molecule has 3 rings (SSSR count). The molecule has 0 amide bonds. The summed E-state index contributed by atoms with van der Waals surface area (Å²) in [4.78, 5) is 6.56. The first kappa shape index (κ1) is 18.4. The van der Waals surface area contributed by atoms with Gasteiger partial charge in [0.1, 0.15) is 5.82 Å². The minimum atomic E-state index is -0.191. The van der Waals surface area contributed by atoms with Gasteiger partial charge in [-0.25, -0.2) is 4.39 Å². The Balaban J connectivity index is 1.43. The van der Waals surface area contributed by atoms with Crippen molar-refractivity contribution in [2.24, 2.45) is 10.9 Å². The molecule has 5 heteroatoms. The standard InChI is InChI=1S/C21H26FN3O/c1-23-21(24-13-19-9-5-6-10-20(19)22)25-12-11-18(14-25)16-26-15-17-7-3-2-4-8-17/h2-10,18H,11-16H2,1H3,(H,23,24). The van der Waals surface area contributed by atoms with E-state index in [1.165, 1.54) is 11.6 Å². The molecule has 1 atom stereocenters. The molecule has 1 fully saturated rings. The Kier molecular flexibility index (Phi) is 6.61. The molecule has 1 aliphatic rings. The number of hydrogen-bond acceptors (Lipinski definition) is 2. The highest BCUT2D eigenvalue weighted by Crippen LogP contribution is 2.17. The Bertz CT molecular complexity index is 720. The summed E-state index contributed by atoms with van der Waals surface area (Å²) >= 11 is 0. The van der Waals surface area contributed by atoms with Crippen LogP contribution in [0.1, 0.15) is 17.5 Å². The van der Waals surface area contributed by atoms with Crippen LogP contribution in [0.15, 0.2) is 59.6 Å². The van der Waals surface area contributed by atoms with Crippen molar-refractivity contribution in [2.75, 3.05) is 26.7 Å². The van der Waals surface area contributed by atoms with E-state index in [9.17, 15) is 4.39 Å². The van der Waals surface area contributed by atoms with Crippen LogP contribution in [0, 0.1) is 11.7 Å². The van der Waals surface area contributed by atoms with Gasteiger partial charge in [-0.15, -0.1) is 0 Å². The maximum Gasteiger partial charge on any atom is 0.193 e. The SMILES string of the molecule is CN=C(NCc1ccccc1F)N1CCC(COCc2ccccc2)C1. The van der Waals surface area contributed by atoms with E-state index >= 15 is 0 Å². The van der Waals surface area contributed by atoms with E-state index in [0.717, 1.165) is 32.1 Å². The van der Waals surface area contributed by atoms with Gasteiger partial charge in [-0.1, -0.05) is 48.5 Å². The molecule has 0 aromatic heterocycles. The zero-order chi connectivity index (χ0) is 18.2. The molecule has 1 unspecified atom stereocenters. The van der Waals surface area contributed by atoms with Gasteiger partial charge in [0.25, 0.3) is 0 Å². The lowest BCUT2D eigenvalue weighted by molar-refractivity contribution is 0.0906. The van der Waals surface area contributed by atoms with Crippen molar-refractivity contribution < 1.29 is 9.13 Å². The van der Waals surface area contributed by atoms with Crippen LogP contribution in [0.5, 0.6) is 0 Å². The molecule has 0 aliphatic carbocycles. The van der Waals surface area contributed by atoms with Gasteiger partial charge in [0.05, 0.1) is 13.2 Å². The van der Waals surface area contributed by atoms with Crippen molar-refractivity contribution >= 4 is 5.96 Å². The van der Waals surface area contributed by atoms with Crippen LogP contribution in [0.3, 0.4) is 0 Å². The molecule has 4 nitrogen and oxygen atoms in total. The minimum Gasteiger partial charge on any atom is -0.376 e. The lowest BCUT2D eigenvalue weighted by Gasteiger charge is -2.22. The Morgan fingerprint density at radius 3 is 2.73 bits per heavy atom. The van der Waals surface area contributed by atoms with E-state index < -0.39 is 0 Å². The fourth-order valence-electron chi connectivity index (χ4n) is 3.23. The van der Waals surface area contributed by atoms with Crippen LogP contribution in [-0.2, 0) is 17.9 Å². The van der Waals surface area contributed by atoms with Crippen molar-refractivity contribution in [3.63, 3.8) is 0 Å². The monoisotopic (exact) mass is 355 g/mol. The van der Waals surface area contributed by atoms with E-state index in [2.05, 4.69) is 27.3 Å². The first-order valence-corrected chi connectivity index (χ1v) is 9.07. The van der Waals surface area contributed by atoms with Crippen LogP contribution in [0.25, 0.3) is 0 Å². The Morgan fingerprint density at radius 2 is 1.96 bits per heavy atom. The summed E-state index contributed by atoms with van der Waals surface area (Å²) in [6.45, 7) is 3.68. The number of ether oxygens (including phenoxy) is 1. The van der Waals surface area contributed by atoms with Gasteiger partial charge in [0, 0.05) is 38.2 Å². The largest absolute Gasteiger partial charge is 0.376 e. The van der Waals surface area contributed by atoms with Crippen LogP contribution in [0.4, 0.5) is 4.39 Å². The average molecular weight is 355 g/mol. The number of nitrogens with zero attached hydrogens (tertiary/aromatic N) is 2. The van der Waals surface area contributed by atoms with Gasteiger partial charge in [-0.2, -0.15) is 0 Å². The molecule has 2 aromatic rings. The Morgan fingerprint density at radius 1 is 1.19 bits per heavy atom. The Hall–Kier alpha value is -2.40. The molecule has 0 radical (unpaired) electrons. The third-order valence-corrected chi connectivity index (χ3v) is 4.66. The van der Waals surface area contributed by atoms with Crippen LogP contribution in [0.2, 0.25) is 0 Å². The predicted molar refractivity (Wildman–Crippen MR) is 102 cm³/mol. The predicted octanol–water partition coefficient (Wildman–Crippen LogP) is 3.44. The number of aliphatic imine (C=N–C) groups is 1. The van der Waals surface area contributed by atoms with E-state index in [-0.39, 0.29) is 5.82 Å². The smallest absolute Gasteiger partial charge is 0.193 e. The number of halogens is 1. The van der Waals surface area contributed by atoms with Gasteiger partial charge in [0.15, 0.2) is 5.96 Å².